The molecule has 3 aliphatic rings. The number of hydrogen-bond acceptors (Lipinski definition) is 6. The SMILES string of the molecule is COC(=O)[C@@]1(O)[C@H](O)[C@H]2C=C[C@@H]1N(c1ccccc1)O2. The summed E-state index contributed by atoms with van der Waals surface area (Å²) in [4.78, 5) is 17.5. The number of benzene rings is 1. The van der Waals surface area contributed by atoms with Crippen molar-refractivity contribution in [2.75, 3.05) is 12.2 Å². The third-order valence-electron chi connectivity index (χ3n) is 3.71. The molecule has 6 heteroatoms. The maximum absolute atomic E-state index is 11.9. The van der Waals surface area contributed by atoms with Crippen molar-refractivity contribution in [3.8, 4) is 0 Å². The number of hydroxylamine groups is 1. The lowest BCUT2D eigenvalue weighted by Crippen LogP contribution is -2.73. The van der Waals surface area contributed by atoms with Gasteiger partial charge < -0.3 is 14.9 Å². The van der Waals surface area contributed by atoms with E-state index < -0.39 is 29.8 Å². The number of para-hydroxylation sites is 1. The van der Waals surface area contributed by atoms with Gasteiger partial charge in [0.25, 0.3) is 0 Å². The van der Waals surface area contributed by atoms with Crippen LogP contribution in [0.25, 0.3) is 0 Å². The maximum atomic E-state index is 11.9. The van der Waals surface area contributed by atoms with Gasteiger partial charge in [-0.2, -0.15) is 0 Å². The van der Waals surface area contributed by atoms with Crippen molar-refractivity contribution in [3.05, 3.63) is 42.5 Å². The van der Waals surface area contributed by atoms with Crippen molar-refractivity contribution >= 4 is 11.7 Å². The molecular formula is C14H15NO5. The number of hydrogen-bond donors (Lipinski definition) is 2. The zero-order valence-electron chi connectivity index (χ0n) is 10.8. The van der Waals surface area contributed by atoms with Crippen LogP contribution in [-0.4, -0.2) is 47.1 Å². The first-order valence-corrected chi connectivity index (χ1v) is 6.27. The van der Waals surface area contributed by atoms with Gasteiger partial charge in [-0.3, -0.25) is 4.84 Å². The summed E-state index contributed by atoms with van der Waals surface area (Å²) in [6.45, 7) is 0. The fraction of sp³-hybridized carbons (Fsp3) is 0.357. The standard InChI is InChI=1S/C14H15NO5/c1-19-13(17)14(18)11-8-7-10(12(14)16)20-15(11)9-5-3-2-4-6-9/h2-8,10-12,16,18H,1H3/t10-,11+,12-,14+/m1/s1. The summed E-state index contributed by atoms with van der Waals surface area (Å²) in [6, 6.07) is 8.22. The number of esters is 1. The van der Waals surface area contributed by atoms with Crippen molar-refractivity contribution < 1.29 is 24.6 Å². The van der Waals surface area contributed by atoms with Crippen molar-refractivity contribution in [2.24, 2.45) is 0 Å². The minimum atomic E-state index is -2.05. The Labute approximate surface area is 115 Å². The summed E-state index contributed by atoms with van der Waals surface area (Å²) < 4.78 is 4.63. The molecule has 106 valence electrons. The minimum absolute atomic E-state index is 0.682. The molecule has 0 unspecified atom stereocenters. The number of rotatable bonds is 2. The number of carbonyl (C=O) groups excluding carboxylic acids is 1. The number of anilines is 1. The predicted octanol–water partition coefficient (Wildman–Crippen LogP) is 0.0102. The van der Waals surface area contributed by atoms with E-state index in [9.17, 15) is 15.0 Å². The predicted molar refractivity (Wildman–Crippen MR) is 69.7 cm³/mol. The van der Waals surface area contributed by atoms with E-state index in [1.54, 1.807) is 24.3 Å². The Bertz CT molecular complexity index is 546. The molecule has 2 heterocycles. The highest BCUT2D eigenvalue weighted by Gasteiger charge is 2.61. The van der Waals surface area contributed by atoms with Gasteiger partial charge in [0.05, 0.1) is 12.8 Å². The largest absolute Gasteiger partial charge is 0.467 e. The third-order valence-corrected chi connectivity index (χ3v) is 3.71. The summed E-state index contributed by atoms with van der Waals surface area (Å²) in [5, 5.41) is 22.2. The second-order valence-electron chi connectivity index (χ2n) is 4.82. The summed E-state index contributed by atoms with van der Waals surface area (Å²) >= 11 is 0. The van der Waals surface area contributed by atoms with E-state index in [-0.39, 0.29) is 0 Å². The van der Waals surface area contributed by atoms with E-state index in [1.807, 2.05) is 18.2 Å². The maximum Gasteiger partial charge on any atom is 0.343 e. The second-order valence-corrected chi connectivity index (χ2v) is 4.82. The van der Waals surface area contributed by atoms with E-state index in [4.69, 9.17) is 4.84 Å². The summed E-state index contributed by atoms with van der Waals surface area (Å²) in [6.07, 6.45) is 1.10. The molecular weight excluding hydrogens is 262 g/mol. The van der Waals surface area contributed by atoms with Crippen molar-refractivity contribution in [2.45, 2.75) is 23.9 Å². The molecule has 4 rings (SSSR count). The Morgan fingerprint density at radius 3 is 2.70 bits per heavy atom. The lowest BCUT2D eigenvalue weighted by atomic mass is 9.79. The van der Waals surface area contributed by atoms with Crippen LogP contribution < -0.4 is 5.06 Å². The first-order chi connectivity index (χ1) is 9.59. The van der Waals surface area contributed by atoms with Crippen LogP contribution in [-0.2, 0) is 14.4 Å². The van der Waals surface area contributed by atoms with Gasteiger partial charge in [0.15, 0.2) is 0 Å². The molecule has 1 saturated heterocycles. The minimum Gasteiger partial charge on any atom is -0.467 e. The van der Waals surface area contributed by atoms with E-state index in [1.165, 1.54) is 12.2 Å². The molecule has 1 aliphatic carbocycles. The van der Waals surface area contributed by atoms with Gasteiger partial charge in [0.1, 0.15) is 18.2 Å². The first kappa shape index (κ1) is 13.1. The Morgan fingerprint density at radius 2 is 2.05 bits per heavy atom. The number of methoxy groups -OCH3 is 1. The highest BCUT2D eigenvalue weighted by atomic mass is 16.7. The van der Waals surface area contributed by atoms with Crippen LogP contribution in [0, 0.1) is 0 Å². The van der Waals surface area contributed by atoms with E-state index >= 15 is 0 Å². The molecule has 0 spiro atoms. The average molecular weight is 277 g/mol. The molecule has 0 saturated carbocycles. The Morgan fingerprint density at radius 1 is 1.35 bits per heavy atom. The zero-order chi connectivity index (χ0) is 14.3. The molecule has 6 nitrogen and oxygen atoms in total. The van der Waals surface area contributed by atoms with Gasteiger partial charge in [-0.1, -0.05) is 30.4 Å². The number of aliphatic hydroxyl groups excluding tert-OH is 1. The highest BCUT2D eigenvalue weighted by molar-refractivity contribution is 5.83. The first-order valence-electron chi connectivity index (χ1n) is 6.27. The monoisotopic (exact) mass is 277 g/mol. The Balaban J connectivity index is 2.03. The molecule has 0 radical (unpaired) electrons. The van der Waals surface area contributed by atoms with Crippen LogP contribution in [0.15, 0.2) is 42.5 Å². The molecule has 1 aromatic rings. The van der Waals surface area contributed by atoms with E-state index in [2.05, 4.69) is 4.74 Å². The van der Waals surface area contributed by atoms with Gasteiger partial charge in [-0.05, 0) is 12.1 Å². The molecule has 2 N–H and O–H groups in total. The summed E-state index contributed by atoms with van der Waals surface area (Å²) in [5.74, 6) is -0.881. The zero-order valence-corrected chi connectivity index (χ0v) is 10.8. The van der Waals surface area contributed by atoms with E-state index in [0.717, 1.165) is 0 Å². The topological polar surface area (TPSA) is 79.2 Å². The smallest absolute Gasteiger partial charge is 0.343 e. The average Bonchev–Trinajstić information content (AvgIpc) is 2.51. The van der Waals surface area contributed by atoms with Crippen LogP contribution in [0.2, 0.25) is 0 Å². The van der Waals surface area contributed by atoms with Crippen molar-refractivity contribution in [3.63, 3.8) is 0 Å². The fourth-order valence-corrected chi connectivity index (χ4v) is 2.64. The van der Waals surface area contributed by atoms with Crippen molar-refractivity contribution in [1.82, 2.24) is 0 Å². The lowest BCUT2D eigenvalue weighted by Gasteiger charge is -2.51. The van der Waals surface area contributed by atoms with Crippen molar-refractivity contribution in [1.29, 1.82) is 0 Å². The molecule has 0 aromatic heterocycles. The van der Waals surface area contributed by atoms with Gasteiger partial charge in [0.2, 0.25) is 5.60 Å². The van der Waals surface area contributed by atoms with Gasteiger partial charge in [-0.25, -0.2) is 9.86 Å². The molecule has 2 bridgehead atoms. The third kappa shape index (κ3) is 1.66. The van der Waals surface area contributed by atoms with Crippen LogP contribution in [0.5, 0.6) is 0 Å². The Hall–Kier alpha value is -1.89. The molecule has 2 aliphatic heterocycles. The van der Waals surface area contributed by atoms with E-state index in [0.29, 0.717) is 5.69 Å². The lowest BCUT2D eigenvalue weighted by molar-refractivity contribution is -0.215. The molecule has 20 heavy (non-hydrogen) atoms. The number of carbonyl (C=O) groups is 1. The molecule has 0 amide bonds. The number of nitrogens with zero attached hydrogens (tertiary/aromatic N) is 1. The summed E-state index contributed by atoms with van der Waals surface area (Å²) in [7, 11) is 1.17. The second kappa shape index (κ2) is 4.59. The number of ether oxygens (including phenoxy) is 1. The van der Waals surface area contributed by atoms with Crippen LogP contribution >= 0.6 is 0 Å². The quantitative estimate of drug-likeness (QED) is 0.585. The van der Waals surface area contributed by atoms with Gasteiger partial charge in [-0.15, -0.1) is 0 Å². The fourth-order valence-electron chi connectivity index (χ4n) is 2.64. The van der Waals surface area contributed by atoms with Gasteiger partial charge in [0, 0.05) is 0 Å². The van der Waals surface area contributed by atoms with Crippen LogP contribution in [0.1, 0.15) is 0 Å². The number of fused-ring (bicyclic) bond motifs is 2. The molecule has 1 fully saturated rings. The summed E-state index contributed by atoms with van der Waals surface area (Å²) in [5.41, 5.74) is -1.37. The van der Waals surface area contributed by atoms with Crippen LogP contribution in [0.3, 0.4) is 0 Å². The van der Waals surface area contributed by atoms with Crippen LogP contribution in [0.4, 0.5) is 5.69 Å². The van der Waals surface area contributed by atoms with Gasteiger partial charge >= 0.3 is 5.97 Å². The number of aliphatic hydroxyl groups is 2. The normalized spacial score (nSPS) is 35.1. The highest BCUT2D eigenvalue weighted by Crippen LogP contribution is 2.39. The molecule has 4 atom stereocenters. The Kier molecular flexibility index (Phi) is 3.01. The molecule has 1 aromatic carbocycles.